The smallest absolute Gasteiger partial charge is 0.254 e. The summed E-state index contributed by atoms with van der Waals surface area (Å²) in [6.45, 7) is 4.18. The minimum absolute atomic E-state index is 0.0108. The van der Waals surface area contributed by atoms with E-state index < -0.39 is 0 Å². The van der Waals surface area contributed by atoms with Gasteiger partial charge in [-0.1, -0.05) is 18.2 Å². The van der Waals surface area contributed by atoms with Gasteiger partial charge in [0.2, 0.25) is 5.91 Å². The predicted octanol–water partition coefficient (Wildman–Crippen LogP) is 3.57. The van der Waals surface area contributed by atoms with Crippen molar-refractivity contribution >= 4 is 22.6 Å². The predicted molar refractivity (Wildman–Crippen MR) is 133 cm³/mol. The Morgan fingerprint density at radius 2 is 2.06 bits per heavy atom. The molecule has 182 valence electrons. The lowest BCUT2D eigenvalue weighted by Gasteiger charge is -2.24. The standard InChI is InChI=1S/C28H31N3O4/c32-27-5-2-10-30(27)12-14-35-26-4-1-3-24(17-26)28(33)31-11-13-34-20-22(19-31)15-21-6-7-23-8-9-29-18-25(23)16-21/h1,3-4,6-9,16-18,22H,2,5,10-15,19-20H2/t22-/m0/s1. The van der Waals surface area contributed by atoms with Gasteiger partial charge in [-0.25, -0.2) is 0 Å². The Balaban J connectivity index is 1.21. The van der Waals surface area contributed by atoms with Crippen LogP contribution in [0.1, 0.15) is 28.8 Å². The molecule has 7 heteroatoms. The van der Waals surface area contributed by atoms with Gasteiger partial charge in [-0.2, -0.15) is 0 Å². The van der Waals surface area contributed by atoms with E-state index >= 15 is 0 Å². The van der Waals surface area contributed by atoms with Crippen LogP contribution in [-0.2, 0) is 16.0 Å². The summed E-state index contributed by atoms with van der Waals surface area (Å²) in [5.74, 6) is 1.04. The zero-order valence-electron chi connectivity index (χ0n) is 19.9. The molecule has 0 N–H and O–H groups in total. The molecule has 7 nitrogen and oxygen atoms in total. The molecule has 1 aromatic heterocycles. The third-order valence-electron chi connectivity index (χ3n) is 6.74. The van der Waals surface area contributed by atoms with Gasteiger partial charge in [0.25, 0.3) is 5.91 Å². The van der Waals surface area contributed by atoms with Crippen LogP contribution in [-0.4, -0.2) is 72.6 Å². The molecule has 2 fully saturated rings. The molecular formula is C28H31N3O4. The highest BCUT2D eigenvalue weighted by Crippen LogP contribution is 2.21. The van der Waals surface area contributed by atoms with E-state index in [1.165, 1.54) is 10.9 Å². The Bertz CT molecular complexity index is 1200. The molecular weight excluding hydrogens is 442 g/mol. The number of ether oxygens (including phenoxy) is 2. The second-order valence-electron chi connectivity index (χ2n) is 9.31. The van der Waals surface area contributed by atoms with Crippen molar-refractivity contribution in [2.24, 2.45) is 5.92 Å². The van der Waals surface area contributed by atoms with E-state index in [0.29, 0.717) is 57.2 Å². The first-order valence-electron chi connectivity index (χ1n) is 12.4. The van der Waals surface area contributed by atoms with Crippen LogP contribution in [0.15, 0.2) is 60.9 Å². The van der Waals surface area contributed by atoms with Crippen molar-refractivity contribution in [1.82, 2.24) is 14.8 Å². The number of carbonyl (C=O) groups is 2. The van der Waals surface area contributed by atoms with Crippen molar-refractivity contribution in [3.8, 4) is 5.75 Å². The minimum atomic E-state index is -0.0108. The fourth-order valence-corrected chi connectivity index (χ4v) is 4.90. The Morgan fingerprint density at radius 3 is 2.94 bits per heavy atom. The topological polar surface area (TPSA) is 72.0 Å². The number of hydrogen-bond donors (Lipinski definition) is 0. The quantitative estimate of drug-likeness (QED) is 0.525. The van der Waals surface area contributed by atoms with Gasteiger partial charge >= 0.3 is 0 Å². The second kappa shape index (κ2) is 10.9. The molecule has 2 aromatic carbocycles. The molecule has 2 aliphatic rings. The summed E-state index contributed by atoms with van der Waals surface area (Å²) in [4.78, 5) is 33.1. The number of benzene rings is 2. The molecule has 0 bridgehead atoms. The average Bonchev–Trinajstić information content (AvgIpc) is 3.15. The summed E-state index contributed by atoms with van der Waals surface area (Å²) < 4.78 is 11.7. The van der Waals surface area contributed by atoms with Crippen molar-refractivity contribution in [1.29, 1.82) is 0 Å². The highest BCUT2D eigenvalue weighted by Gasteiger charge is 2.24. The maximum absolute atomic E-state index is 13.4. The number of fused-ring (bicyclic) bond motifs is 1. The SMILES string of the molecule is O=C1CCCN1CCOc1cccc(C(=O)N2CCOC[C@@H](Cc3ccc4ccncc4c3)C2)c1. The van der Waals surface area contributed by atoms with Gasteiger partial charge < -0.3 is 19.3 Å². The normalized spacial score (nSPS) is 18.6. The molecule has 3 heterocycles. The molecule has 2 saturated heterocycles. The fourth-order valence-electron chi connectivity index (χ4n) is 4.90. The summed E-state index contributed by atoms with van der Waals surface area (Å²) in [6, 6.07) is 15.8. The van der Waals surface area contributed by atoms with Gasteiger partial charge in [-0.3, -0.25) is 14.6 Å². The van der Waals surface area contributed by atoms with E-state index in [1.807, 2.05) is 40.3 Å². The molecule has 0 saturated carbocycles. The first-order chi connectivity index (χ1) is 17.2. The number of amides is 2. The first kappa shape index (κ1) is 23.3. The number of pyridine rings is 1. The van der Waals surface area contributed by atoms with Gasteiger partial charge in [-0.05, 0) is 54.1 Å². The summed E-state index contributed by atoms with van der Waals surface area (Å²) in [5, 5.41) is 2.30. The molecule has 0 radical (unpaired) electrons. The van der Waals surface area contributed by atoms with Crippen LogP contribution in [0.4, 0.5) is 0 Å². The van der Waals surface area contributed by atoms with Gasteiger partial charge in [0.05, 0.1) is 19.8 Å². The Morgan fingerprint density at radius 1 is 1.11 bits per heavy atom. The van der Waals surface area contributed by atoms with Gasteiger partial charge in [-0.15, -0.1) is 0 Å². The molecule has 2 amide bonds. The van der Waals surface area contributed by atoms with Crippen LogP contribution >= 0.6 is 0 Å². The van der Waals surface area contributed by atoms with Crippen molar-refractivity contribution in [2.45, 2.75) is 19.3 Å². The molecule has 2 aliphatic heterocycles. The number of carbonyl (C=O) groups excluding carboxylic acids is 2. The van der Waals surface area contributed by atoms with Crippen molar-refractivity contribution < 1.29 is 19.1 Å². The number of hydrogen-bond acceptors (Lipinski definition) is 5. The summed E-state index contributed by atoms with van der Waals surface area (Å²) in [6.07, 6.45) is 6.08. The Kier molecular flexibility index (Phi) is 7.23. The highest BCUT2D eigenvalue weighted by atomic mass is 16.5. The molecule has 3 aromatic rings. The van der Waals surface area contributed by atoms with Gasteiger partial charge in [0.1, 0.15) is 12.4 Å². The van der Waals surface area contributed by atoms with Crippen LogP contribution in [0.3, 0.4) is 0 Å². The van der Waals surface area contributed by atoms with Crippen molar-refractivity contribution in [2.75, 3.05) is 46.0 Å². The molecule has 1 atom stereocenters. The summed E-state index contributed by atoms with van der Waals surface area (Å²) in [7, 11) is 0. The number of aromatic nitrogens is 1. The third-order valence-corrected chi connectivity index (χ3v) is 6.74. The van der Waals surface area contributed by atoms with Crippen molar-refractivity contribution in [3.63, 3.8) is 0 Å². The van der Waals surface area contributed by atoms with Crippen LogP contribution in [0.5, 0.6) is 5.75 Å². The fraction of sp³-hybridized carbons (Fsp3) is 0.393. The van der Waals surface area contributed by atoms with E-state index in [0.717, 1.165) is 24.8 Å². The molecule has 5 rings (SSSR count). The Labute approximate surface area is 205 Å². The van der Waals surface area contributed by atoms with Crippen LogP contribution < -0.4 is 4.74 Å². The number of rotatable bonds is 7. The van der Waals surface area contributed by atoms with Gasteiger partial charge in [0.15, 0.2) is 0 Å². The lowest BCUT2D eigenvalue weighted by atomic mass is 9.97. The zero-order chi connectivity index (χ0) is 24.0. The highest BCUT2D eigenvalue weighted by molar-refractivity contribution is 5.94. The lowest BCUT2D eigenvalue weighted by Crippen LogP contribution is -2.36. The molecule has 35 heavy (non-hydrogen) atoms. The zero-order valence-corrected chi connectivity index (χ0v) is 19.9. The first-order valence-corrected chi connectivity index (χ1v) is 12.4. The minimum Gasteiger partial charge on any atom is -0.492 e. The van der Waals surface area contributed by atoms with Crippen LogP contribution in [0.2, 0.25) is 0 Å². The maximum atomic E-state index is 13.4. The third kappa shape index (κ3) is 5.80. The van der Waals surface area contributed by atoms with E-state index in [2.05, 4.69) is 23.2 Å². The van der Waals surface area contributed by atoms with E-state index in [9.17, 15) is 9.59 Å². The largest absolute Gasteiger partial charge is 0.492 e. The Hall–Kier alpha value is -3.45. The molecule has 0 aliphatic carbocycles. The van der Waals surface area contributed by atoms with Crippen LogP contribution in [0, 0.1) is 5.92 Å². The molecule has 0 unspecified atom stereocenters. The van der Waals surface area contributed by atoms with Crippen LogP contribution in [0.25, 0.3) is 10.8 Å². The van der Waals surface area contributed by atoms with E-state index in [1.54, 1.807) is 12.3 Å². The average molecular weight is 474 g/mol. The lowest BCUT2D eigenvalue weighted by molar-refractivity contribution is -0.128. The summed E-state index contributed by atoms with van der Waals surface area (Å²) in [5.41, 5.74) is 1.83. The summed E-state index contributed by atoms with van der Waals surface area (Å²) >= 11 is 0. The van der Waals surface area contributed by atoms with Crippen molar-refractivity contribution in [3.05, 3.63) is 72.1 Å². The number of likely N-dealkylation sites (tertiary alicyclic amines) is 1. The maximum Gasteiger partial charge on any atom is 0.254 e. The molecule has 0 spiro atoms. The van der Waals surface area contributed by atoms with Gasteiger partial charge in [0, 0.05) is 55.3 Å². The second-order valence-corrected chi connectivity index (χ2v) is 9.31. The number of nitrogens with zero attached hydrogens (tertiary/aromatic N) is 3. The monoisotopic (exact) mass is 473 g/mol. The van der Waals surface area contributed by atoms with E-state index in [4.69, 9.17) is 9.47 Å². The van der Waals surface area contributed by atoms with E-state index in [-0.39, 0.29) is 17.7 Å².